The quantitative estimate of drug-likeness (QED) is 0.730. The molecule has 0 saturated heterocycles. The molecule has 2 unspecified atom stereocenters. The van der Waals surface area contributed by atoms with Crippen LogP contribution in [0.25, 0.3) is 0 Å². The standard InChI is InChI=1S/C21H25N2O2.BrH/c1-3-25-19-13-11-17(12-14-19)21(24)16(2)23(18-8-5-4-6-9-18)20-10-7-15-22(20)21;/h4-6,8-9,11-14,16,24H,3,7,10,15H2,1-2H3;1H/q+1;/p-1. The number of aliphatic hydroxyl groups is 1. The van der Waals surface area contributed by atoms with E-state index in [1.807, 2.05) is 37.3 Å². The molecule has 2 atom stereocenters. The number of halogens is 1. The fourth-order valence-corrected chi connectivity index (χ4v) is 4.23. The summed E-state index contributed by atoms with van der Waals surface area (Å²) in [5.41, 5.74) is 1.03. The normalized spacial score (nSPS) is 24.4. The van der Waals surface area contributed by atoms with Gasteiger partial charge in [0.1, 0.15) is 11.4 Å². The van der Waals surface area contributed by atoms with Crippen molar-refractivity contribution in [1.29, 1.82) is 0 Å². The molecule has 0 aliphatic carbocycles. The first-order chi connectivity index (χ1) is 12.2. The summed E-state index contributed by atoms with van der Waals surface area (Å²) in [6.45, 7) is 5.61. The number of anilines is 1. The van der Waals surface area contributed by atoms with E-state index >= 15 is 0 Å². The van der Waals surface area contributed by atoms with Crippen LogP contribution >= 0.6 is 0 Å². The fraction of sp³-hybridized carbons (Fsp3) is 0.381. The molecule has 0 saturated carbocycles. The van der Waals surface area contributed by atoms with Crippen LogP contribution in [-0.2, 0) is 5.72 Å². The Labute approximate surface area is 165 Å². The van der Waals surface area contributed by atoms with E-state index < -0.39 is 5.72 Å². The zero-order valence-corrected chi connectivity index (χ0v) is 16.8. The van der Waals surface area contributed by atoms with Gasteiger partial charge in [-0.05, 0) is 56.7 Å². The van der Waals surface area contributed by atoms with Gasteiger partial charge in [0, 0.05) is 5.56 Å². The summed E-state index contributed by atoms with van der Waals surface area (Å²) in [4.78, 5) is 2.30. The number of hydrogen-bond donors (Lipinski definition) is 1. The maximum absolute atomic E-state index is 11.8. The van der Waals surface area contributed by atoms with Crippen molar-refractivity contribution < 1.29 is 31.4 Å². The first-order valence-electron chi connectivity index (χ1n) is 9.09. The van der Waals surface area contributed by atoms with Crippen molar-refractivity contribution in [3.8, 4) is 5.75 Å². The number of ether oxygens (including phenoxy) is 1. The highest BCUT2D eigenvalue weighted by atomic mass is 79.9. The molecule has 4 nitrogen and oxygen atoms in total. The molecule has 0 radical (unpaired) electrons. The second-order valence-electron chi connectivity index (χ2n) is 6.74. The summed E-state index contributed by atoms with van der Waals surface area (Å²) in [7, 11) is 0. The van der Waals surface area contributed by atoms with Crippen molar-refractivity contribution in [2.75, 3.05) is 18.1 Å². The van der Waals surface area contributed by atoms with E-state index in [4.69, 9.17) is 4.74 Å². The van der Waals surface area contributed by atoms with E-state index in [0.29, 0.717) is 6.61 Å². The Balaban J connectivity index is 0.00000196. The Morgan fingerprint density at radius 3 is 2.50 bits per heavy atom. The highest BCUT2D eigenvalue weighted by Gasteiger charge is 2.59. The second kappa shape index (κ2) is 7.41. The van der Waals surface area contributed by atoms with Crippen molar-refractivity contribution in [3.05, 3.63) is 60.2 Å². The summed E-state index contributed by atoms with van der Waals surface area (Å²) in [6.07, 6.45) is 2.07. The van der Waals surface area contributed by atoms with Crippen molar-refractivity contribution in [2.45, 2.75) is 38.5 Å². The number of benzene rings is 2. The summed E-state index contributed by atoms with van der Waals surface area (Å²) in [5.74, 6) is 2.06. The Morgan fingerprint density at radius 1 is 1.15 bits per heavy atom. The number of hydrogen-bond acceptors (Lipinski definition) is 3. The molecule has 2 aliphatic rings. The highest BCUT2D eigenvalue weighted by molar-refractivity contribution is 5.97. The molecule has 5 heteroatoms. The fourth-order valence-electron chi connectivity index (χ4n) is 4.23. The van der Waals surface area contributed by atoms with Gasteiger partial charge in [-0.1, -0.05) is 18.2 Å². The zero-order chi connectivity index (χ0) is 17.4. The van der Waals surface area contributed by atoms with Crippen LogP contribution in [0.15, 0.2) is 54.6 Å². The van der Waals surface area contributed by atoms with Crippen molar-refractivity contribution in [3.63, 3.8) is 0 Å². The van der Waals surface area contributed by atoms with Crippen LogP contribution in [0.4, 0.5) is 5.69 Å². The molecular formula is C21H25BrN2O2. The topological polar surface area (TPSA) is 35.7 Å². The Kier molecular flexibility index (Phi) is 5.39. The molecule has 0 bridgehead atoms. The first-order valence-corrected chi connectivity index (χ1v) is 9.09. The lowest BCUT2D eigenvalue weighted by Crippen LogP contribution is -3.00. The van der Waals surface area contributed by atoms with Gasteiger partial charge < -0.3 is 26.8 Å². The second-order valence-corrected chi connectivity index (χ2v) is 6.74. The largest absolute Gasteiger partial charge is 1.00 e. The van der Waals surface area contributed by atoms with Crippen molar-refractivity contribution in [2.24, 2.45) is 0 Å². The van der Waals surface area contributed by atoms with Crippen LogP contribution < -0.4 is 26.6 Å². The molecule has 2 aliphatic heterocycles. The maximum Gasteiger partial charge on any atom is 0.273 e. The van der Waals surface area contributed by atoms with Crippen LogP contribution in [0.1, 0.15) is 32.3 Å². The molecule has 0 spiro atoms. The lowest BCUT2D eigenvalue weighted by molar-refractivity contribution is -0.658. The molecule has 2 aromatic carbocycles. The minimum Gasteiger partial charge on any atom is -1.00 e. The highest BCUT2D eigenvalue weighted by Crippen LogP contribution is 2.41. The maximum atomic E-state index is 11.8. The van der Waals surface area contributed by atoms with E-state index in [-0.39, 0.29) is 23.0 Å². The van der Waals surface area contributed by atoms with Crippen LogP contribution in [0.5, 0.6) is 5.75 Å². The number of rotatable bonds is 4. The van der Waals surface area contributed by atoms with Crippen LogP contribution in [0.2, 0.25) is 0 Å². The molecule has 0 aromatic heterocycles. The Hall–Kier alpha value is -1.85. The molecule has 26 heavy (non-hydrogen) atoms. The van der Waals surface area contributed by atoms with Gasteiger partial charge in [-0.25, -0.2) is 9.48 Å². The third-order valence-corrected chi connectivity index (χ3v) is 5.38. The minimum atomic E-state index is -1.02. The number of amidine groups is 1. The predicted octanol–water partition coefficient (Wildman–Crippen LogP) is 0.348. The third-order valence-electron chi connectivity index (χ3n) is 5.38. The van der Waals surface area contributed by atoms with E-state index in [9.17, 15) is 5.11 Å². The molecule has 0 fully saturated rings. The molecule has 1 N–H and O–H groups in total. The van der Waals surface area contributed by atoms with Crippen molar-refractivity contribution in [1.82, 2.24) is 0 Å². The van der Waals surface area contributed by atoms with Gasteiger partial charge in [0.05, 0.1) is 19.6 Å². The first kappa shape index (κ1) is 18.9. The zero-order valence-electron chi connectivity index (χ0n) is 15.2. The van der Waals surface area contributed by atoms with Gasteiger partial charge in [0.15, 0.2) is 6.04 Å². The van der Waals surface area contributed by atoms with Gasteiger partial charge in [-0.15, -0.1) is 0 Å². The lowest BCUT2D eigenvalue weighted by atomic mass is 9.94. The molecule has 138 valence electrons. The van der Waals surface area contributed by atoms with E-state index in [1.54, 1.807) is 0 Å². The summed E-state index contributed by atoms with van der Waals surface area (Å²) in [6, 6.07) is 18.2. The Bertz CT molecular complexity index is 791. The van der Waals surface area contributed by atoms with E-state index in [2.05, 4.69) is 40.7 Å². The van der Waals surface area contributed by atoms with Crippen molar-refractivity contribution >= 4 is 11.5 Å². The predicted molar refractivity (Wildman–Crippen MR) is 99.3 cm³/mol. The SMILES string of the molecule is CCOc1ccc(C2(O)C(C)N(c3ccccc3)C3=[N+]2CCC3)cc1.[Br-]. The minimum absolute atomic E-state index is 0. The number of para-hydroxylation sites is 1. The monoisotopic (exact) mass is 416 g/mol. The van der Waals surface area contributed by atoms with Gasteiger partial charge >= 0.3 is 0 Å². The molecule has 2 aromatic rings. The average Bonchev–Trinajstić information content (AvgIpc) is 3.19. The molecule has 0 amide bonds. The molecule has 4 rings (SSSR count). The van der Waals surface area contributed by atoms with Gasteiger partial charge in [0.25, 0.3) is 11.6 Å². The summed E-state index contributed by atoms with van der Waals surface area (Å²) >= 11 is 0. The van der Waals surface area contributed by atoms with Crippen LogP contribution in [-0.4, -0.2) is 34.7 Å². The average molecular weight is 417 g/mol. The number of nitrogens with zero attached hydrogens (tertiary/aromatic N) is 2. The van der Waals surface area contributed by atoms with Crippen LogP contribution in [0, 0.1) is 0 Å². The van der Waals surface area contributed by atoms with E-state index in [1.165, 1.54) is 5.84 Å². The molecule has 2 heterocycles. The smallest absolute Gasteiger partial charge is 0.273 e. The third kappa shape index (κ3) is 2.83. The Morgan fingerprint density at radius 2 is 1.85 bits per heavy atom. The molecular weight excluding hydrogens is 392 g/mol. The summed E-state index contributed by atoms with van der Waals surface area (Å²) in [5, 5.41) is 11.8. The lowest BCUT2D eigenvalue weighted by Gasteiger charge is -2.29. The van der Waals surface area contributed by atoms with Gasteiger partial charge in [-0.2, -0.15) is 0 Å². The van der Waals surface area contributed by atoms with Gasteiger partial charge in [0.2, 0.25) is 0 Å². The van der Waals surface area contributed by atoms with E-state index in [0.717, 1.165) is 36.4 Å². The van der Waals surface area contributed by atoms with Gasteiger partial charge in [-0.3, -0.25) is 0 Å². The van der Waals surface area contributed by atoms with Crippen LogP contribution in [0.3, 0.4) is 0 Å². The summed E-state index contributed by atoms with van der Waals surface area (Å²) < 4.78 is 7.73.